The van der Waals surface area contributed by atoms with Gasteiger partial charge in [0.05, 0.1) is 6.54 Å². The van der Waals surface area contributed by atoms with Gasteiger partial charge in [0.15, 0.2) is 0 Å². The first-order valence-electron chi connectivity index (χ1n) is 4.66. The maximum Gasteiger partial charge on any atom is 0.219 e. The fraction of sp³-hybridized carbons (Fsp3) is 0.750. The summed E-state index contributed by atoms with van der Waals surface area (Å²) in [6, 6.07) is 0.563. The first-order valence-corrected chi connectivity index (χ1v) is 5.48. The Morgan fingerprint density at radius 1 is 1.57 bits per heavy atom. The monoisotopic (exact) mass is 215 g/mol. The zero-order valence-electron chi connectivity index (χ0n) is 8.82. The van der Waals surface area contributed by atoms with E-state index in [1.54, 1.807) is 0 Å². The second-order valence-electron chi connectivity index (χ2n) is 3.32. The summed E-state index contributed by atoms with van der Waals surface area (Å²) < 4.78 is 0. The fourth-order valence-electron chi connectivity index (χ4n) is 1.06. The van der Waals surface area contributed by atoms with Crippen LogP contribution < -0.4 is 11.3 Å². The Morgan fingerprint density at radius 3 is 2.79 bits per heavy atom. The maximum absolute atomic E-state index is 5.22. The molecule has 0 amide bonds. The van der Waals surface area contributed by atoms with Crippen molar-refractivity contribution < 1.29 is 0 Å². The van der Waals surface area contributed by atoms with E-state index in [0.717, 1.165) is 18.0 Å². The molecule has 5 nitrogen and oxygen atoms in total. The number of nitrogens with one attached hydrogen (secondary N) is 1. The van der Waals surface area contributed by atoms with Gasteiger partial charge in [-0.05, 0) is 20.4 Å². The van der Waals surface area contributed by atoms with Gasteiger partial charge in [-0.25, -0.2) is 5.84 Å². The van der Waals surface area contributed by atoms with Gasteiger partial charge in [-0.1, -0.05) is 18.3 Å². The van der Waals surface area contributed by atoms with Crippen LogP contribution in [0.25, 0.3) is 0 Å². The number of aromatic nitrogens is 2. The van der Waals surface area contributed by atoms with Gasteiger partial charge in [0.25, 0.3) is 0 Å². The van der Waals surface area contributed by atoms with E-state index >= 15 is 0 Å². The molecule has 0 fully saturated rings. The van der Waals surface area contributed by atoms with Crippen molar-refractivity contribution in [3.8, 4) is 0 Å². The van der Waals surface area contributed by atoms with Crippen molar-refractivity contribution in [2.24, 2.45) is 5.84 Å². The molecular formula is C8H17N5S. The Kier molecular flexibility index (Phi) is 4.24. The number of hydrogen-bond donors (Lipinski definition) is 2. The molecule has 1 heterocycles. The topological polar surface area (TPSA) is 67.1 Å². The quantitative estimate of drug-likeness (QED) is 0.568. The number of hydrogen-bond acceptors (Lipinski definition) is 6. The van der Waals surface area contributed by atoms with Gasteiger partial charge in [0.1, 0.15) is 5.01 Å². The lowest BCUT2D eigenvalue weighted by atomic mass is 10.2. The zero-order chi connectivity index (χ0) is 10.6. The summed E-state index contributed by atoms with van der Waals surface area (Å²) in [4.78, 5) is 2.25. The van der Waals surface area contributed by atoms with Crippen LogP contribution in [0.15, 0.2) is 0 Å². The first kappa shape index (κ1) is 11.4. The SMILES string of the molecule is CCC(C)N(C)Cc1nnc(NN)s1. The minimum absolute atomic E-state index is 0.563. The number of nitrogens with zero attached hydrogens (tertiary/aromatic N) is 3. The van der Waals surface area contributed by atoms with E-state index in [-0.39, 0.29) is 0 Å². The Bertz CT molecular complexity index is 274. The summed E-state index contributed by atoms with van der Waals surface area (Å²) in [6.07, 6.45) is 1.14. The second kappa shape index (κ2) is 5.23. The molecule has 0 radical (unpaired) electrons. The van der Waals surface area contributed by atoms with Crippen molar-refractivity contribution in [1.29, 1.82) is 0 Å². The van der Waals surface area contributed by atoms with E-state index < -0.39 is 0 Å². The van der Waals surface area contributed by atoms with Crippen molar-refractivity contribution in [2.45, 2.75) is 32.9 Å². The molecule has 14 heavy (non-hydrogen) atoms. The van der Waals surface area contributed by atoms with Gasteiger partial charge in [-0.3, -0.25) is 10.3 Å². The molecule has 0 bridgehead atoms. The predicted octanol–water partition coefficient (Wildman–Crippen LogP) is 1.05. The Labute approximate surface area is 88.3 Å². The smallest absolute Gasteiger partial charge is 0.219 e. The molecule has 6 heteroatoms. The van der Waals surface area contributed by atoms with Crippen LogP contribution in [-0.2, 0) is 6.54 Å². The van der Waals surface area contributed by atoms with Crippen LogP contribution in [0.1, 0.15) is 25.3 Å². The highest BCUT2D eigenvalue weighted by Gasteiger charge is 2.10. The molecule has 0 aliphatic carbocycles. The normalized spacial score (nSPS) is 13.2. The molecule has 1 aromatic heterocycles. The number of hydrazine groups is 1. The van der Waals surface area contributed by atoms with Crippen LogP contribution in [-0.4, -0.2) is 28.2 Å². The van der Waals surface area contributed by atoms with Gasteiger partial charge in [0.2, 0.25) is 5.13 Å². The van der Waals surface area contributed by atoms with Gasteiger partial charge in [0, 0.05) is 6.04 Å². The Balaban J connectivity index is 2.51. The van der Waals surface area contributed by atoms with Crippen molar-refractivity contribution in [3.63, 3.8) is 0 Å². The van der Waals surface area contributed by atoms with Gasteiger partial charge < -0.3 is 0 Å². The lowest BCUT2D eigenvalue weighted by Gasteiger charge is -2.21. The first-order chi connectivity index (χ1) is 6.67. The highest BCUT2D eigenvalue weighted by molar-refractivity contribution is 7.15. The molecule has 1 unspecified atom stereocenters. The van der Waals surface area contributed by atoms with E-state index in [1.165, 1.54) is 11.3 Å². The molecule has 3 N–H and O–H groups in total. The van der Waals surface area contributed by atoms with Crippen LogP contribution >= 0.6 is 11.3 Å². The van der Waals surface area contributed by atoms with Gasteiger partial charge in [-0.2, -0.15) is 0 Å². The van der Waals surface area contributed by atoms with Crippen LogP contribution in [0.2, 0.25) is 0 Å². The van der Waals surface area contributed by atoms with E-state index in [0.29, 0.717) is 11.2 Å². The Morgan fingerprint density at radius 2 is 2.29 bits per heavy atom. The van der Waals surface area contributed by atoms with Crippen LogP contribution in [0.5, 0.6) is 0 Å². The lowest BCUT2D eigenvalue weighted by molar-refractivity contribution is 0.243. The minimum atomic E-state index is 0.563. The zero-order valence-corrected chi connectivity index (χ0v) is 9.64. The summed E-state index contributed by atoms with van der Waals surface area (Å²) in [6.45, 7) is 5.20. The highest BCUT2D eigenvalue weighted by Crippen LogP contribution is 2.16. The van der Waals surface area contributed by atoms with Gasteiger partial charge >= 0.3 is 0 Å². The van der Waals surface area contributed by atoms with Crippen LogP contribution in [0.4, 0.5) is 5.13 Å². The maximum atomic E-state index is 5.22. The number of nitrogen functional groups attached to an aromatic ring is 1. The molecule has 0 aliphatic rings. The summed E-state index contributed by atoms with van der Waals surface area (Å²) in [5, 5.41) is 9.56. The van der Waals surface area contributed by atoms with E-state index in [4.69, 9.17) is 5.84 Å². The number of nitrogens with two attached hydrogens (primary N) is 1. The molecule has 0 aromatic carbocycles. The summed E-state index contributed by atoms with van der Waals surface area (Å²) >= 11 is 1.49. The molecule has 0 aliphatic heterocycles. The van der Waals surface area contributed by atoms with Crippen LogP contribution in [0, 0.1) is 0 Å². The third kappa shape index (κ3) is 2.90. The van der Waals surface area contributed by atoms with Crippen molar-refractivity contribution in [1.82, 2.24) is 15.1 Å². The summed E-state index contributed by atoms with van der Waals surface area (Å²) in [5.74, 6) is 5.22. The average molecular weight is 215 g/mol. The minimum Gasteiger partial charge on any atom is -0.298 e. The fourth-order valence-corrected chi connectivity index (χ4v) is 1.77. The molecular weight excluding hydrogens is 198 g/mol. The predicted molar refractivity (Wildman–Crippen MR) is 58.9 cm³/mol. The molecule has 1 aromatic rings. The summed E-state index contributed by atoms with van der Waals surface area (Å²) in [5.41, 5.74) is 2.49. The third-order valence-corrected chi connectivity index (χ3v) is 3.16. The van der Waals surface area contributed by atoms with E-state index in [2.05, 4.69) is 41.4 Å². The van der Waals surface area contributed by atoms with E-state index in [1.807, 2.05) is 0 Å². The molecule has 0 spiro atoms. The largest absolute Gasteiger partial charge is 0.298 e. The van der Waals surface area contributed by atoms with Gasteiger partial charge in [-0.15, -0.1) is 10.2 Å². The third-order valence-electron chi connectivity index (χ3n) is 2.32. The standard InChI is InChI=1S/C8H17N5S/c1-4-6(2)13(3)5-7-11-12-8(10-9)14-7/h6H,4-5,9H2,1-3H3,(H,10,12). The van der Waals surface area contributed by atoms with Crippen molar-refractivity contribution >= 4 is 16.5 Å². The lowest BCUT2D eigenvalue weighted by Crippen LogP contribution is -2.27. The second-order valence-corrected chi connectivity index (χ2v) is 4.38. The molecule has 0 saturated carbocycles. The molecule has 1 atom stereocenters. The van der Waals surface area contributed by atoms with Crippen molar-refractivity contribution in [2.75, 3.05) is 12.5 Å². The summed E-state index contributed by atoms with van der Waals surface area (Å²) in [7, 11) is 2.09. The number of anilines is 1. The molecule has 80 valence electrons. The molecule has 0 saturated heterocycles. The molecule has 1 rings (SSSR count). The Hall–Kier alpha value is -0.720. The highest BCUT2D eigenvalue weighted by atomic mass is 32.1. The van der Waals surface area contributed by atoms with Crippen LogP contribution in [0.3, 0.4) is 0 Å². The van der Waals surface area contributed by atoms with Crippen molar-refractivity contribution in [3.05, 3.63) is 5.01 Å². The van der Waals surface area contributed by atoms with E-state index in [9.17, 15) is 0 Å². The number of rotatable bonds is 5. The average Bonchev–Trinajstić information content (AvgIpc) is 2.64.